The number of esters is 1. The fraction of sp³-hybridized carbons (Fsp3) is 0.444. The number of methoxy groups -OCH3 is 1. The Bertz CT molecular complexity index is 737. The molecule has 2 atom stereocenters. The maximum absolute atomic E-state index is 12.5. The number of Topliss-reactive ketones (excluding diaryl/α,β-unsaturated/α-hetero) is 1. The van der Waals surface area contributed by atoms with Crippen molar-refractivity contribution >= 4 is 11.8 Å². The summed E-state index contributed by atoms with van der Waals surface area (Å²) >= 11 is 0. The number of nitrogens with zero attached hydrogens (tertiary/aromatic N) is 1. The summed E-state index contributed by atoms with van der Waals surface area (Å²) < 4.78 is 10.5. The maximum Gasteiger partial charge on any atom is 0.343 e. The van der Waals surface area contributed by atoms with Gasteiger partial charge >= 0.3 is 5.97 Å². The van der Waals surface area contributed by atoms with Crippen LogP contribution in [0.1, 0.15) is 36.9 Å². The van der Waals surface area contributed by atoms with E-state index in [9.17, 15) is 9.59 Å². The first-order valence-electron chi connectivity index (χ1n) is 7.99. The van der Waals surface area contributed by atoms with Crippen LogP contribution in [-0.2, 0) is 20.7 Å². The lowest BCUT2D eigenvalue weighted by Crippen LogP contribution is -2.45. The van der Waals surface area contributed by atoms with E-state index in [4.69, 9.17) is 9.47 Å². The second kappa shape index (κ2) is 5.11. The average Bonchev–Trinajstić information content (AvgIpc) is 2.53. The van der Waals surface area contributed by atoms with Gasteiger partial charge in [-0.25, -0.2) is 4.79 Å². The number of carbonyl (C=O) groups is 2. The van der Waals surface area contributed by atoms with Crippen molar-refractivity contribution in [2.45, 2.75) is 38.3 Å². The van der Waals surface area contributed by atoms with Gasteiger partial charge in [-0.05, 0) is 36.6 Å². The number of fused-ring (bicyclic) bond motifs is 4. The molecular formula is C18H19NO4. The summed E-state index contributed by atoms with van der Waals surface area (Å²) in [6.45, 7) is 2.69. The monoisotopic (exact) mass is 313 g/mol. The summed E-state index contributed by atoms with van der Waals surface area (Å²) in [6, 6.07) is 6.07. The first kappa shape index (κ1) is 14.3. The van der Waals surface area contributed by atoms with Crippen LogP contribution in [0.15, 0.2) is 29.5 Å². The second-order valence-electron chi connectivity index (χ2n) is 6.39. The van der Waals surface area contributed by atoms with Gasteiger partial charge < -0.3 is 14.4 Å². The summed E-state index contributed by atoms with van der Waals surface area (Å²) in [4.78, 5) is 26.9. The topological polar surface area (TPSA) is 55.8 Å². The fourth-order valence-electron chi connectivity index (χ4n) is 3.95. The first-order chi connectivity index (χ1) is 11.1. The molecule has 3 aliphatic heterocycles. The lowest BCUT2D eigenvalue weighted by Gasteiger charge is -2.45. The summed E-state index contributed by atoms with van der Waals surface area (Å²) in [5, 5.41) is 0. The minimum atomic E-state index is -0.456. The van der Waals surface area contributed by atoms with Crippen molar-refractivity contribution in [2.75, 3.05) is 13.7 Å². The molecule has 0 spiro atoms. The van der Waals surface area contributed by atoms with E-state index in [1.165, 1.54) is 11.1 Å². The highest BCUT2D eigenvalue weighted by Gasteiger charge is 2.43. The highest BCUT2D eigenvalue weighted by Crippen LogP contribution is 2.43. The molecule has 0 amide bonds. The molecule has 0 saturated carbocycles. The summed E-state index contributed by atoms with van der Waals surface area (Å²) in [5.41, 5.74) is 3.55. The number of hydrogen-bond donors (Lipinski definition) is 0. The predicted octanol–water partition coefficient (Wildman–Crippen LogP) is 2.16. The van der Waals surface area contributed by atoms with Crippen molar-refractivity contribution in [3.05, 3.63) is 40.6 Å². The second-order valence-corrected chi connectivity index (χ2v) is 6.39. The highest BCUT2D eigenvalue weighted by molar-refractivity contribution is 6.19. The third kappa shape index (κ3) is 2.14. The molecule has 4 rings (SSSR count). The zero-order valence-electron chi connectivity index (χ0n) is 13.3. The Balaban J connectivity index is 1.78. The Morgan fingerprint density at radius 2 is 2.09 bits per heavy atom. The Hall–Kier alpha value is -2.30. The summed E-state index contributed by atoms with van der Waals surface area (Å²) in [6.07, 6.45) is 1.67. The third-order valence-electron chi connectivity index (χ3n) is 4.99. The van der Waals surface area contributed by atoms with Crippen LogP contribution in [0.4, 0.5) is 0 Å². The molecule has 1 aromatic carbocycles. The molecule has 0 bridgehead atoms. The van der Waals surface area contributed by atoms with Crippen LogP contribution in [0.2, 0.25) is 0 Å². The van der Waals surface area contributed by atoms with Crippen LogP contribution < -0.4 is 4.74 Å². The van der Waals surface area contributed by atoms with Crippen molar-refractivity contribution < 1.29 is 19.1 Å². The van der Waals surface area contributed by atoms with Crippen molar-refractivity contribution in [1.82, 2.24) is 4.90 Å². The fourth-order valence-corrected chi connectivity index (χ4v) is 3.95. The van der Waals surface area contributed by atoms with E-state index in [-0.39, 0.29) is 23.5 Å². The van der Waals surface area contributed by atoms with Crippen molar-refractivity contribution in [3.8, 4) is 5.75 Å². The quantitative estimate of drug-likeness (QED) is 0.587. The van der Waals surface area contributed by atoms with E-state index in [0.717, 1.165) is 24.4 Å². The molecule has 0 saturated heterocycles. The summed E-state index contributed by atoms with van der Waals surface area (Å²) in [5.74, 6) is 0.290. The maximum atomic E-state index is 12.5. The SMILES string of the molecule is COc1ccc2c(c1)CCN1C3=C(C(=O)C[C@@H]21)C(=O)O[C@@H](C)C3. The lowest BCUT2D eigenvalue weighted by molar-refractivity contribution is -0.147. The molecule has 0 N–H and O–H groups in total. The van der Waals surface area contributed by atoms with Crippen molar-refractivity contribution in [2.24, 2.45) is 0 Å². The van der Waals surface area contributed by atoms with Gasteiger partial charge in [-0.3, -0.25) is 4.79 Å². The normalized spacial score (nSPS) is 26.3. The number of carbonyl (C=O) groups excluding carboxylic acids is 2. The predicted molar refractivity (Wildman–Crippen MR) is 83.0 cm³/mol. The zero-order valence-corrected chi connectivity index (χ0v) is 13.3. The number of hydrogen-bond acceptors (Lipinski definition) is 5. The average molecular weight is 313 g/mol. The van der Waals surface area contributed by atoms with Crippen molar-refractivity contribution in [1.29, 1.82) is 0 Å². The molecule has 0 unspecified atom stereocenters. The van der Waals surface area contributed by atoms with Gasteiger partial charge in [0, 0.05) is 25.1 Å². The number of benzene rings is 1. The van der Waals surface area contributed by atoms with Gasteiger partial charge in [0.15, 0.2) is 5.78 Å². The molecule has 5 nitrogen and oxygen atoms in total. The Kier molecular flexibility index (Phi) is 3.18. The van der Waals surface area contributed by atoms with Crippen LogP contribution in [0.25, 0.3) is 0 Å². The molecule has 3 heterocycles. The summed E-state index contributed by atoms with van der Waals surface area (Å²) in [7, 11) is 1.66. The molecule has 1 aromatic rings. The largest absolute Gasteiger partial charge is 0.497 e. The molecule has 0 radical (unpaired) electrons. The first-order valence-corrected chi connectivity index (χ1v) is 7.99. The van der Waals surface area contributed by atoms with Gasteiger partial charge in [-0.2, -0.15) is 0 Å². The Morgan fingerprint density at radius 1 is 1.26 bits per heavy atom. The Morgan fingerprint density at radius 3 is 2.87 bits per heavy atom. The van der Waals surface area contributed by atoms with Crippen LogP contribution in [0.3, 0.4) is 0 Å². The van der Waals surface area contributed by atoms with E-state index < -0.39 is 5.97 Å². The number of ether oxygens (including phenoxy) is 2. The lowest BCUT2D eigenvalue weighted by atomic mass is 9.82. The van der Waals surface area contributed by atoms with Crippen LogP contribution in [0.5, 0.6) is 5.75 Å². The molecule has 3 aliphatic rings. The van der Waals surface area contributed by atoms with E-state index in [0.29, 0.717) is 12.8 Å². The standard InChI is InChI=1S/C18H19NO4/c1-10-7-15-17(18(21)23-10)16(20)9-14-13-4-3-12(22-2)8-11(13)5-6-19(14)15/h3-4,8,10,14H,5-7,9H2,1-2H3/t10-,14-/m0/s1. The molecule has 0 fully saturated rings. The van der Waals surface area contributed by atoms with Crippen LogP contribution >= 0.6 is 0 Å². The zero-order chi connectivity index (χ0) is 16.1. The number of ketones is 1. The van der Waals surface area contributed by atoms with Gasteiger partial charge in [-0.1, -0.05) is 6.07 Å². The number of cyclic esters (lactones) is 1. The molecule has 23 heavy (non-hydrogen) atoms. The minimum Gasteiger partial charge on any atom is -0.497 e. The van der Waals surface area contributed by atoms with E-state index in [2.05, 4.69) is 17.0 Å². The van der Waals surface area contributed by atoms with E-state index in [1.54, 1.807) is 7.11 Å². The third-order valence-corrected chi connectivity index (χ3v) is 4.99. The van der Waals surface area contributed by atoms with Crippen LogP contribution in [-0.4, -0.2) is 36.4 Å². The Labute approximate surface area is 134 Å². The van der Waals surface area contributed by atoms with Crippen molar-refractivity contribution in [3.63, 3.8) is 0 Å². The molecule has 120 valence electrons. The highest BCUT2D eigenvalue weighted by atomic mass is 16.5. The molecule has 0 aromatic heterocycles. The van der Waals surface area contributed by atoms with Gasteiger partial charge in [0.2, 0.25) is 0 Å². The molecule has 0 aliphatic carbocycles. The van der Waals surface area contributed by atoms with Gasteiger partial charge in [-0.15, -0.1) is 0 Å². The van der Waals surface area contributed by atoms with Crippen LogP contribution in [0, 0.1) is 0 Å². The van der Waals surface area contributed by atoms with E-state index >= 15 is 0 Å². The van der Waals surface area contributed by atoms with Gasteiger partial charge in [0.05, 0.1) is 13.2 Å². The van der Waals surface area contributed by atoms with Gasteiger partial charge in [0.25, 0.3) is 0 Å². The minimum absolute atomic E-state index is 0.0222. The smallest absolute Gasteiger partial charge is 0.343 e. The number of rotatable bonds is 1. The molecular weight excluding hydrogens is 294 g/mol. The molecule has 5 heteroatoms. The van der Waals surface area contributed by atoms with Gasteiger partial charge in [0.1, 0.15) is 17.4 Å². The van der Waals surface area contributed by atoms with E-state index in [1.807, 2.05) is 13.0 Å².